The third-order valence-electron chi connectivity index (χ3n) is 4.49. The highest BCUT2D eigenvalue weighted by Gasteiger charge is 2.34. The Morgan fingerprint density at radius 2 is 1.78 bits per heavy atom. The lowest BCUT2D eigenvalue weighted by Crippen LogP contribution is -2.52. The van der Waals surface area contributed by atoms with Crippen molar-refractivity contribution in [2.24, 2.45) is 0 Å². The Labute approximate surface area is 133 Å². The largest absolute Gasteiger partial charge is 0.336 e. The summed E-state index contributed by atoms with van der Waals surface area (Å²) >= 11 is 0. The molecule has 0 aromatic heterocycles. The highest BCUT2D eigenvalue weighted by atomic mass is 32.2. The molecule has 126 valence electrons. The molecule has 1 unspecified atom stereocenters. The van der Waals surface area contributed by atoms with Gasteiger partial charge in [-0.1, -0.05) is 0 Å². The molecule has 2 aliphatic rings. The molecule has 1 atom stereocenters. The van der Waals surface area contributed by atoms with Gasteiger partial charge in [-0.3, -0.25) is 9.69 Å². The van der Waals surface area contributed by atoms with Crippen molar-refractivity contribution >= 4 is 15.7 Å². The topological polar surface area (TPSA) is 57.7 Å². The van der Waals surface area contributed by atoms with Crippen LogP contribution in [0.4, 0.5) is 8.78 Å². The summed E-state index contributed by atoms with van der Waals surface area (Å²) in [7, 11) is -2.93. The Morgan fingerprint density at radius 1 is 1.09 bits per heavy atom. The maximum absolute atomic E-state index is 13.2. The number of hydrogen-bond acceptors (Lipinski definition) is 4. The van der Waals surface area contributed by atoms with Gasteiger partial charge in [-0.25, -0.2) is 17.2 Å². The van der Waals surface area contributed by atoms with Crippen LogP contribution in [0.2, 0.25) is 0 Å². The molecule has 1 aromatic carbocycles. The minimum atomic E-state index is -2.93. The minimum absolute atomic E-state index is 0.0283. The molecule has 23 heavy (non-hydrogen) atoms. The summed E-state index contributed by atoms with van der Waals surface area (Å²) in [4.78, 5) is 16.0. The molecule has 1 amide bonds. The zero-order valence-corrected chi connectivity index (χ0v) is 13.4. The van der Waals surface area contributed by atoms with Gasteiger partial charge < -0.3 is 4.90 Å². The molecule has 1 aromatic rings. The molecule has 0 radical (unpaired) electrons. The number of benzene rings is 1. The van der Waals surface area contributed by atoms with Gasteiger partial charge in [0, 0.05) is 37.8 Å². The third kappa shape index (κ3) is 3.53. The first kappa shape index (κ1) is 16.3. The van der Waals surface area contributed by atoms with Crippen molar-refractivity contribution in [1.29, 1.82) is 0 Å². The van der Waals surface area contributed by atoms with Gasteiger partial charge in [-0.05, 0) is 24.6 Å². The van der Waals surface area contributed by atoms with Gasteiger partial charge in [0.1, 0.15) is 0 Å². The lowest BCUT2D eigenvalue weighted by Gasteiger charge is -2.37. The summed E-state index contributed by atoms with van der Waals surface area (Å²) in [6.45, 7) is 2.09. The normalized spacial score (nSPS) is 24.8. The Kier molecular flexibility index (Phi) is 4.37. The second kappa shape index (κ2) is 6.16. The van der Waals surface area contributed by atoms with E-state index in [1.807, 2.05) is 0 Å². The summed E-state index contributed by atoms with van der Waals surface area (Å²) in [6.07, 6.45) is 0.638. The smallest absolute Gasteiger partial charge is 0.254 e. The summed E-state index contributed by atoms with van der Waals surface area (Å²) in [5.41, 5.74) is 0.126. The van der Waals surface area contributed by atoms with E-state index in [-0.39, 0.29) is 29.0 Å². The van der Waals surface area contributed by atoms with Crippen molar-refractivity contribution in [3.63, 3.8) is 0 Å². The van der Waals surface area contributed by atoms with E-state index in [2.05, 4.69) is 4.90 Å². The first-order valence-electron chi connectivity index (χ1n) is 7.54. The average Bonchev–Trinajstić information content (AvgIpc) is 2.89. The van der Waals surface area contributed by atoms with Gasteiger partial charge in [0.05, 0.1) is 11.5 Å². The van der Waals surface area contributed by atoms with E-state index >= 15 is 0 Å². The molecular formula is C15H18F2N2O3S. The molecule has 0 bridgehead atoms. The van der Waals surface area contributed by atoms with Gasteiger partial charge in [-0.15, -0.1) is 0 Å². The number of sulfone groups is 1. The van der Waals surface area contributed by atoms with Crippen molar-refractivity contribution in [1.82, 2.24) is 9.80 Å². The van der Waals surface area contributed by atoms with Crippen molar-refractivity contribution in [2.45, 2.75) is 12.5 Å². The predicted molar refractivity (Wildman–Crippen MR) is 80.9 cm³/mol. The first-order chi connectivity index (χ1) is 10.9. The van der Waals surface area contributed by atoms with E-state index in [1.54, 1.807) is 4.90 Å². The number of rotatable bonds is 2. The average molecular weight is 344 g/mol. The standard InChI is InChI=1S/C15H18F2N2O3S/c16-13-2-1-11(9-14(13)17)15(20)19-6-4-18(5-7-19)12-3-8-23(21,22)10-12/h1-2,9,12H,3-8,10H2. The molecule has 0 spiro atoms. The molecule has 2 fully saturated rings. The molecular weight excluding hydrogens is 326 g/mol. The van der Waals surface area contributed by atoms with Crippen LogP contribution in [0.3, 0.4) is 0 Å². The minimum Gasteiger partial charge on any atom is -0.336 e. The van der Waals surface area contributed by atoms with E-state index < -0.39 is 21.5 Å². The van der Waals surface area contributed by atoms with E-state index in [1.165, 1.54) is 6.07 Å². The zero-order chi connectivity index (χ0) is 16.6. The Bertz CT molecular complexity index is 715. The molecule has 2 aliphatic heterocycles. The molecule has 3 rings (SSSR count). The van der Waals surface area contributed by atoms with Crippen LogP contribution >= 0.6 is 0 Å². The third-order valence-corrected chi connectivity index (χ3v) is 6.24. The Morgan fingerprint density at radius 3 is 2.35 bits per heavy atom. The van der Waals surface area contributed by atoms with Gasteiger partial charge in [0.2, 0.25) is 0 Å². The van der Waals surface area contributed by atoms with Crippen molar-refractivity contribution in [3.8, 4) is 0 Å². The van der Waals surface area contributed by atoms with E-state index in [0.717, 1.165) is 12.1 Å². The number of carbonyl (C=O) groups excluding carboxylic acids is 1. The number of carbonyl (C=O) groups is 1. The Balaban J connectivity index is 1.60. The van der Waals surface area contributed by atoms with Crippen LogP contribution in [0.5, 0.6) is 0 Å². The number of nitrogens with zero attached hydrogens (tertiary/aromatic N) is 2. The van der Waals surface area contributed by atoms with Crippen LogP contribution in [0.1, 0.15) is 16.8 Å². The van der Waals surface area contributed by atoms with Crippen LogP contribution < -0.4 is 0 Å². The molecule has 0 N–H and O–H groups in total. The lowest BCUT2D eigenvalue weighted by molar-refractivity contribution is 0.0587. The highest BCUT2D eigenvalue weighted by Crippen LogP contribution is 2.20. The fourth-order valence-electron chi connectivity index (χ4n) is 3.17. The summed E-state index contributed by atoms with van der Waals surface area (Å²) in [5, 5.41) is 0. The quantitative estimate of drug-likeness (QED) is 0.800. The van der Waals surface area contributed by atoms with Crippen LogP contribution in [-0.2, 0) is 9.84 Å². The van der Waals surface area contributed by atoms with Gasteiger partial charge in [0.25, 0.3) is 5.91 Å². The fourth-order valence-corrected chi connectivity index (χ4v) is 4.93. The molecule has 0 saturated carbocycles. The zero-order valence-electron chi connectivity index (χ0n) is 12.5. The lowest BCUT2D eigenvalue weighted by atomic mass is 10.1. The molecule has 2 saturated heterocycles. The van der Waals surface area contributed by atoms with Gasteiger partial charge in [-0.2, -0.15) is 0 Å². The molecule has 8 heteroatoms. The number of piperazine rings is 1. The van der Waals surface area contributed by atoms with Crippen LogP contribution in [0.25, 0.3) is 0 Å². The fraction of sp³-hybridized carbons (Fsp3) is 0.533. The summed E-state index contributed by atoms with van der Waals surface area (Å²) in [5.74, 6) is -1.93. The number of amides is 1. The summed E-state index contributed by atoms with van der Waals surface area (Å²) in [6, 6.07) is 3.16. The predicted octanol–water partition coefficient (Wildman–Crippen LogP) is 0.910. The maximum Gasteiger partial charge on any atom is 0.254 e. The van der Waals surface area contributed by atoms with Crippen molar-refractivity contribution < 1.29 is 22.0 Å². The number of hydrogen-bond donors (Lipinski definition) is 0. The molecule has 5 nitrogen and oxygen atoms in total. The summed E-state index contributed by atoms with van der Waals surface area (Å²) < 4.78 is 49.3. The van der Waals surface area contributed by atoms with Crippen LogP contribution in [0.15, 0.2) is 18.2 Å². The van der Waals surface area contributed by atoms with Crippen LogP contribution in [-0.4, -0.2) is 67.9 Å². The molecule has 2 heterocycles. The van der Waals surface area contributed by atoms with Crippen molar-refractivity contribution in [3.05, 3.63) is 35.4 Å². The first-order valence-corrected chi connectivity index (χ1v) is 9.37. The highest BCUT2D eigenvalue weighted by molar-refractivity contribution is 7.91. The number of halogens is 2. The Hall–Kier alpha value is -1.54. The van der Waals surface area contributed by atoms with Crippen molar-refractivity contribution in [2.75, 3.05) is 37.7 Å². The van der Waals surface area contributed by atoms with Gasteiger partial charge in [0.15, 0.2) is 21.5 Å². The second-order valence-electron chi connectivity index (χ2n) is 6.01. The SMILES string of the molecule is O=C(c1ccc(F)c(F)c1)N1CCN(C2CCS(=O)(=O)C2)CC1. The molecule has 0 aliphatic carbocycles. The van der Waals surface area contributed by atoms with Crippen LogP contribution in [0, 0.1) is 11.6 Å². The second-order valence-corrected chi connectivity index (χ2v) is 8.24. The van der Waals surface area contributed by atoms with E-state index in [9.17, 15) is 22.0 Å². The maximum atomic E-state index is 13.2. The monoisotopic (exact) mass is 344 g/mol. The van der Waals surface area contributed by atoms with E-state index in [0.29, 0.717) is 32.6 Å². The van der Waals surface area contributed by atoms with E-state index in [4.69, 9.17) is 0 Å². The van der Waals surface area contributed by atoms with Gasteiger partial charge >= 0.3 is 0 Å².